The number of nitrogens with one attached hydrogen (secondary N) is 1. The fourth-order valence-corrected chi connectivity index (χ4v) is 1.82. The quantitative estimate of drug-likeness (QED) is 0.862. The van der Waals surface area contributed by atoms with Gasteiger partial charge in [0.2, 0.25) is 0 Å². The molecular weight excluding hydrogens is 231 g/mol. The van der Waals surface area contributed by atoms with Crippen LogP contribution in [0.15, 0.2) is 35.9 Å². The number of halogens is 3. The average molecular weight is 241 g/mol. The van der Waals surface area contributed by atoms with E-state index < -0.39 is 12.0 Å². The zero-order valence-corrected chi connectivity index (χ0v) is 8.84. The van der Waals surface area contributed by atoms with Crippen molar-refractivity contribution in [2.24, 2.45) is 0 Å². The third kappa shape index (κ3) is 2.33. The SMILES string of the molecule is O=C(C1=C(c2ccccc2)NCC1)C(F)(F)F. The van der Waals surface area contributed by atoms with Gasteiger partial charge in [0.05, 0.1) is 0 Å². The Hall–Kier alpha value is -1.78. The van der Waals surface area contributed by atoms with Crippen LogP contribution in [0.2, 0.25) is 0 Å². The second-order valence-electron chi connectivity index (χ2n) is 3.72. The Balaban J connectivity index is 2.41. The summed E-state index contributed by atoms with van der Waals surface area (Å²) >= 11 is 0. The minimum Gasteiger partial charge on any atom is -0.384 e. The fraction of sp³-hybridized carbons (Fsp3) is 0.250. The molecule has 1 aromatic rings. The maximum absolute atomic E-state index is 12.4. The van der Waals surface area contributed by atoms with Gasteiger partial charge in [-0.15, -0.1) is 0 Å². The monoisotopic (exact) mass is 241 g/mol. The molecule has 0 fully saturated rings. The molecular formula is C12H10F3NO. The molecule has 90 valence electrons. The second-order valence-corrected chi connectivity index (χ2v) is 3.72. The third-order valence-corrected chi connectivity index (χ3v) is 2.57. The Labute approximate surface area is 96.1 Å². The number of ketones is 1. The predicted octanol–water partition coefficient (Wildman–Crippen LogP) is 2.52. The molecule has 1 aromatic carbocycles. The highest BCUT2D eigenvalue weighted by Gasteiger charge is 2.42. The number of hydrogen-bond acceptors (Lipinski definition) is 2. The van der Waals surface area contributed by atoms with Crippen LogP contribution >= 0.6 is 0 Å². The van der Waals surface area contributed by atoms with Crippen LogP contribution in [0.3, 0.4) is 0 Å². The van der Waals surface area contributed by atoms with Crippen LogP contribution in [0.25, 0.3) is 5.70 Å². The number of carbonyl (C=O) groups excluding carboxylic acids is 1. The van der Waals surface area contributed by atoms with Gasteiger partial charge in [-0.25, -0.2) is 0 Å². The van der Waals surface area contributed by atoms with Crippen LogP contribution in [0.5, 0.6) is 0 Å². The van der Waals surface area contributed by atoms with Gasteiger partial charge in [-0.2, -0.15) is 13.2 Å². The van der Waals surface area contributed by atoms with Crippen molar-refractivity contribution in [2.75, 3.05) is 6.54 Å². The van der Waals surface area contributed by atoms with E-state index in [4.69, 9.17) is 0 Å². The normalized spacial score (nSPS) is 15.9. The van der Waals surface area contributed by atoms with Crippen LogP contribution in [0.4, 0.5) is 13.2 Å². The molecule has 5 heteroatoms. The predicted molar refractivity (Wildman–Crippen MR) is 57.0 cm³/mol. The molecule has 1 aliphatic rings. The Morgan fingerprint density at radius 3 is 2.41 bits per heavy atom. The first-order valence-corrected chi connectivity index (χ1v) is 5.14. The molecule has 2 rings (SSSR count). The molecule has 0 atom stereocenters. The molecule has 0 bridgehead atoms. The summed E-state index contributed by atoms with van der Waals surface area (Å²) in [4.78, 5) is 11.2. The molecule has 2 nitrogen and oxygen atoms in total. The summed E-state index contributed by atoms with van der Waals surface area (Å²) in [6, 6.07) is 8.56. The first kappa shape index (κ1) is 11.7. The van der Waals surface area contributed by atoms with Gasteiger partial charge in [0.25, 0.3) is 5.78 Å². The highest BCUT2D eigenvalue weighted by Crippen LogP contribution is 2.30. The molecule has 0 radical (unpaired) electrons. The van der Waals surface area contributed by atoms with E-state index in [9.17, 15) is 18.0 Å². The molecule has 1 N–H and O–H groups in total. The summed E-state index contributed by atoms with van der Waals surface area (Å²) in [6.45, 7) is 0.362. The summed E-state index contributed by atoms with van der Waals surface area (Å²) in [6.07, 6.45) is -4.69. The molecule has 0 saturated heterocycles. The van der Waals surface area contributed by atoms with Gasteiger partial charge in [-0.3, -0.25) is 4.79 Å². The van der Waals surface area contributed by atoms with Crippen molar-refractivity contribution in [3.63, 3.8) is 0 Å². The lowest BCUT2D eigenvalue weighted by atomic mass is 10.0. The summed E-state index contributed by atoms with van der Waals surface area (Å²) in [5.74, 6) is -1.75. The average Bonchev–Trinajstić information content (AvgIpc) is 2.76. The lowest BCUT2D eigenvalue weighted by Gasteiger charge is -2.09. The Bertz CT molecular complexity index is 462. The van der Waals surface area contributed by atoms with Crippen molar-refractivity contribution >= 4 is 11.5 Å². The number of rotatable bonds is 2. The third-order valence-electron chi connectivity index (χ3n) is 2.57. The molecule has 1 aliphatic heterocycles. The smallest absolute Gasteiger partial charge is 0.384 e. The van der Waals surface area contributed by atoms with Gasteiger partial charge >= 0.3 is 6.18 Å². The van der Waals surface area contributed by atoms with Crippen LogP contribution in [-0.2, 0) is 4.79 Å². The van der Waals surface area contributed by atoms with Crippen molar-refractivity contribution in [3.05, 3.63) is 41.5 Å². The van der Waals surface area contributed by atoms with E-state index in [1.807, 2.05) is 0 Å². The summed E-state index contributed by atoms with van der Waals surface area (Å²) in [7, 11) is 0. The summed E-state index contributed by atoms with van der Waals surface area (Å²) < 4.78 is 37.1. The minimum absolute atomic E-state index is 0.114. The van der Waals surface area contributed by atoms with Gasteiger partial charge in [0.1, 0.15) is 0 Å². The number of hydrogen-bond donors (Lipinski definition) is 1. The van der Waals surface area contributed by atoms with Gasteiger partial charge in [0.15, 0.2) is 0 Å². The van der Waals surface area contributed by atoms with E-state index in [1.165, 1.54) is 0 Å². The molecule has 1 heterocycles. The summed E-state index contributed by atoms with van der Waals surface area (Å²) in [5.41, 5.74) is 0.731. The van der Waals surface area contributed by atoms with Crippen LogP contribution in [0.1, 0.15) is 12.0 Å². The zero-order chi connectivity index (χ0) is 12.5. The number of alkyl halides is 3. The number of benzene rings is 1. The first-order chi connectivity index (χ1) is 8.00. The topological polar surface area (TPSA) is 29.1 Å². The van der Waals surface area contributed by atoms with Gasteiger partial charge in [-0.1, -0.05) is 30.3 Å². The Morgan fingerprint density at radius 1 is 1.18 bits per heavy atom. The minimum atomic E-state index is -4.80. The molecule has 0 saturated carbocycles. The maximum Gasteiger partial charge on any atom is 0.454 e. The molecule has 0 amide bonds. The lowest BCUT2D eigenvalue weighted by molar-refractivity contribution is -0.166. The fourth-order valence-electron chi connectivity index (χ4n) is 1.82. The van der Waals surface area contributed by atoms with E-state index in [1.54, 1.807) is 30.3 Å². The lowest BCUT2D eigenvalue weighted by Crippen LogP contribution is -2.24. The Kier molecular flexibility index (Phi) is 2.92. The molecule has 0 spiro atoms. The van der Waals surface area contributed by atoms with E-state index in [0.29, 0.717) is 17.8 Å². The van der Waals surface area contributed by atoms with E-state index in [2.05, 4.69) is 5.32 Å². The van der Waals surface area contributed by atoms with Crippen LogP contribution < -0.4 is 5.32 Å². The second kappa shape index (κ2) is 4.24. The Morgan fingerprint density at radius 2 is 1.82 bits per heavy atom. The standard InChI is InChI=1S/C12H10F3NO/c13-12(14,15)11(17)9-6-7-16-10(9)8-4-2-1-3-5-8/h1-5,16H,6-7H2. The highest BCUT2D eigenvalue weighted by molar-refractivity contribution is 6.06. The van der Waals surface area contributed by atoms with Gasteiger partial charge in [-0.05, 0) is 12.0 Å². The van der Waals surface area contributed by atoms with Gasteiger partial charge < -0.3 is 5.32 Å². The zero-order valence-electron chi connectivity index (χ0n) is 8.84. The number of carbonyl (C=O) groups is 1. The van der Waals surface area contributed by atoms with Crippen molar-refractivity contribution in [1.29, 1.82) is 0 Å². The van der Waals surface area contributed by atoms with Crippen LogP contribution in [-0.4, -0.2) is 18.5 Å². The van der Waals surface area contributed by atoms with Crippen molar-refractivity contribution in [2.45, 2.75) is 12.6 Å². The molecule has 0 aliphatic carbocycles. The molecule has 17 heavy (non-hydrogen) atoms. The highest BCUT2D eigenvalue weighted by atomic mass is 19.4. The van der Waals surface area contributed by atoms with Crippen LogP contribution in [0, 0.1) is 0 Å². The largest absolute Gasteiger partial charge is 0.454 e. The van der Waals surface area contributed by atoms with Crippen molar-refractivity contribution in [3.8, 4) is 0 Å². The van der Waals surface area contributed by atoms with E-state index in [-0.39, 0.29) is 12.0 Å². The van der Waals surface area contributed by atoms with E-state index >= 15 is 0 Å². The molecule has 0 aromatic heterocycles. The van der Waals surface area contributed by atoms with Crippen molar-refractivity contribution < 1.29 is 18.0 Å². The first-order valence-electron chi connectivity index (χ1n) is 5.14. The van der Waals surface area contributed by atoms with Gasteiger partial charge in [0, 0.05) is 17.8 Å². The number of Topliss-reactive ketones (excluding diaryl/α,β-unsaturated/α-hetero) is 1. The maximum atomic E-state index is 12.4. The summed E-state index contributed by atoms with van der Waals surface area (Å²) in [5, 5.41) is 2.83. The van der Waals surface area contributed by atoms with Crippen molar-refractivity contribution in [1.82, 2.24) is 5.32 Å². The van der Waals surface area contributed by atoms with E-state index in [0.717, 1.165) is 0 Å². The molecule has 0 unspecified atom stereocenters.